The fourth-order valence-electron chi connectivity index (χ4n) is 2.90. The van der Waals surface area contributed by atoms with Crippen LogP contribution in [0.15, 0.2) is 36.5 Å². The number of hydrogen-bond acceptors (Lipinski definition) is 3. The third-order valence-electron chi connectivity index (χ3n) is 4.13. The highest BCUT2D eigenvalue weighted by molar-refractivity contribution is 5.82. The summed E-state index contributed by atoms with van der Waals surface area (Å²) in [5, 5.41) is 4.91. The second-order valence-electron chi connectivity index (χ2n) is 5.34. The Kier molecular flexibility index (Phi) is 6.15. The van der Waals surface area contributed by atoms with Crippen LogP contribution in [0, 0.1) is 0 Å². The lowest BCUT2D eigenvalue weighted by atomic mass is 9.98. The van der Waals surface area contributed by atoms with Gasteiger partial charge in [-0.25, -0.2) is 0 Å². The number of hydrogen-bond donors (Lipinski definition) is 1. The SMILES string of the molecule is CCNC(CCN(CC)CC)c1cccc2ncccc12. The molecule has 0 saturated heterocycles. The van der Waals surface area contributed by atoms with Crippen molar-refractivity contribution >= 4 is 10.9 Å². The van der Waals surface area contributed by atoms with Gasteiger partial charge in [0.25, 0.3) is 0 Å². The highest BCUT2D eigenvalue weighted by atomic mass is 15.1. The van der Waals surface area contributed by atoms with Crippen LogP contribution < -0.4 is 5.32 Å². The molecule has 3 nitrogen and oxygen atoms in total. The molecular weight excluding hydrogens is 258 g/mol. The Balaban J connectivity index is 2.23. The van der Waals surface area contributed by atoms with Crippen molar-refractivity contribution in [2.75, 3.05) is 26.2 Å². The predicted octanol–water partition coefficient (Wildman–Crippen LogP) is 3.62. The minimum atomic E-state index is 0.392. The zero-order chi connectivity index (χ0) is 15.1. The fraction of sp³-hybridized carbons (Fsp3) is 0.500. The van der Waals surface area contributed by atoms with E-state index in [-0.39, 0.29) is 0 Å². The summed E-state index contributed by atoms with van der Waals surface area (Å²) in [5.74, 6) is 0. The minimum absolute atomic E-state index is 0.392. The summed E-state index contributed by atoms with van der Waals surface area (Å²) in [6.45, 7) is 11.0. The topological polar surface area (TPSA) is 28.2 Å². The molecule has 1 heterocycles. The molecule has 0 bridgehead atoms. The van der Waals surface area contributed by atoms with E-state index in [2.05, 4.69) is 60.2 Å². The molecule has 0 aliphatic carbocycles. The van der Waals surface area contributed by atoms with E-state index in [0.717, 1.165) is 38.1 Å². The van der Waals surface area contributed by atoms with Gasteiger partial charge < -0.3 is 10.2 Å². The third kappa shape index (κ3) is 4.02. The summed E-state index contributed by atoms with van der Waals surface area (Å²) in [7, 11) is 0. The van der Waals surface area contributed by atoms with E-state index >= 15 is 0 Å². The van der Waals surface area contributed by atoms with Crippen LogP contribution in [-0.4, -0.2) is 36.1 Å². The van der Waals surface area contributed by atoms with Gasteiger partial charge in [0.05, 0.1) is 5.52 Å². The molecular formula is C18H27N3. The van der Waals surface area contributed by atoms with Gasteiger partial charge in [-0.1, -0.05) is 39.0 Å². The average molecular weight is 285 g/mol. The van der Waals surface area contributed by atoms with E-state index in [4.69, 9.17) is 0 Å². The molecule has 0 radical (unpaired) electrons. The number of nitrogens with one attached hydrogen (secondary N) is 1. The molecule has 21 heavy (non-hydrogen) atoms. The van der Waals surface area contributed by atoms with E-state index in [1.807, 2.05) is 12.3 Å². The summed E-state index contributed by atoms with van der Waals surface area (Å²) in [6.07, 6.45) is 2.99. The number of benzene rings is 1. The standard InChI is InChI=1S/C18H27N3/c1-4-19-18(12-14-21(5-2)6-3)15-9-7-11-17-16(15)10-8-13-20-17/h7-11,13,18-19H,4-6,12,14H2,1-3H3. The van der Waals surface area contributed by atoms with Crippen molar-refractivity contribution < 1.29 is 0 Å². The fourth-order valence-corrected chi connectivity index (χ4v) is 2.90. The van der Waals surface area contributed by atoms with Gasteiger partial charge in [0.2, 0.25) is 0 Å². The van der Waals surface area contributed by atoms with Crippen molar-refractivity contribution in [1.29, 1.82) is 0 Å². The lowest BCUT2D eigenvalue weighted by molar-refractivity contribution is 0.283. The lowest BCUT2D eigenvalue weighted by Gasteiger charge is -2.24. The maximum absolute atomic E-state index is 4.47. The largest absolute Gasteiger partial charge is 0.310 e. The van der Waals surface area contributed by atoms with Crippen LogP contribution in [0.3, 0.4) is 0 Å². The molecule has 0 aliphatic heterocycles. The highest BCUT2D eigenvalue weighted by Crippen LogP contribution is 2.25. The minimum Gasteiger partial charge on any atom is -0.310 e. The number of fused-ring (bicyclic) bond motifs is 1. The van der Waals surface area contributed by atoms with Gasteiger partial charge in [-0.15, -0.1) is 0 Å². The maximum atomic E-state index is 4.47. The Hall–Kier alpha value is -1.45. The van der Waals surface area contributed by atoms with Gasteiger partial charge in [-0.2, -0.15) is 0 Å². The Morgan fingerprint density at radius 2 is 1.90 bits per heavy atom. The van der Waals surface area contributed by atoms with E-state index < -0.39 is 0 Å². The third-order valence-corrected chi connectivity index (χ3v) is 4.13. The van der Waals surface area contributed by atoms with Crippen LogP contribution in [0.4, 0.5) is 0 Å². The molecule has 0 aliphatic rings. The van der Waals surface area contributed by atoms with Crippen molar-refractivity contribution in [3.8, 4) is 0 Å². The van der Waals surface area contributed by atoms with Crippen molar-refractivity contribution in [2.45, 2.75) is 33.2 Å². The van der Waals surface area contributed by atoms with Crippen LogP contribution >= 0.6 is 0 Å². The Labute approximate surface area is 128 Å². The van der Waals surface area contributed by atoms with Crippen LogP contribution in [0.2, 0.25) is 0 Å². The van der Waals surface area contributed by atoms with Crippen molar-refractivity contribution in [3.63, 3.8) is 0 Å². The molecule has 0 saturated carbocycles. The van der Waals surface area contributed by atoms with Gasteiger partial charge in [-0.3, -0.25) is 4.98 Å². The summed E-state index contributed by atoms with van der Waals surface area (Å²) in [6, 6.07) is 11.0. The van der Waals surface area contributed by atoms with Crippen molar-refractivity contribution in [3.05, 3.63) is 42.1 Å². The first-order valence-electron chi connectivity index (χ1n) is 8.09. The number of rotatable bonds is 8. The van der Waals surface area contributed by atoms with Gasteiger partial charge >= 0.3 is 0 Å². The molecule has 0 amide bonds. The van der Waals surface area contributed by atoms with E-state index in [1.165, 1.54) is 10.9 Å². The summed E-state index contributed by atoms with van der Waals surface area (Å²) < 4.78 is 0. The highest BCUT2D eigenvalue weighted by Gasteiger charge is 2.14. The van der Waals surface area contributed by atoms with E-state index in [9.17, 15) is 0 Å². The van der Waals surface area contributed by atoms with Crippen LogP contribution in [0.5, 0.6) is 0 Å². The Bertz CT molecular complexity index is 544. The molecule has 3 heteroatoms. The van der Waals surface area contributed by atoms with Crippen LogP contribution in [-0.2, 0) is 0 Å². The van der Waals surface area contributed by atoms with Crippen molar-refractivity contribution in [1.82, 2.24) is 15.2 Å². The predicted molar refractivity (Wildman–Crippen MR) is 90.6 cm³/mol. The van der Waals surface area contributed by atoms with E-state index in [0.29, 0.717) is 6.04 Å². The molecule has 114 valence electrons. The monoisotopic (exact) mass is 285 g/mol. The molecule has 1 aromatic heterocycles. The van der Waals surface area contributed by atoms with Gasteiger partial charge in [0.15, 0.2) is 0 Å². The smallest absolute Gasteiger partial charge is 0.0705 e. The molecule has 1 unspecified atom stereocenters. The van der Waals surface area contributed by atoms with Gasteiger partial charge in [0, 0.05) is 17.6 Å². The first-order valence-corrected chi connectivity index (χ1v) is 8.09. The quantitative estimate of drug-likeness (QED) is 0.803. The zero-order valence-electron chi connectivity index (χ0n) is 13.5. The van der Waals surface area contributed by atoms with E-state index in [1.54, 1.807) is 0 Å². The lowest BCUT2D eigenvalue weighted by Crippen LogP contribution is -2.29. The molecule has 1 atom stereocenters. The van der Waals surface area contributed by atoms with Crippen molar-refractivity contribution in [2.24, 2.45) is 0 Å². The second-order valence-corrected chi connectivity index (χ2v) is 5.34. The molecule has 0 fully saturated rings. The first-order chi connectivity index (χ1) is 10.3. The Morgan fingerprint density at radius 1 is 1.10 bits per heavy atom. The second kappa shape index (κ2) is 8.11. The van der Waals surface area contributed by atoms with Crippen LogP contribution in [0.25, 0.3) is 10.9 Å². The van der Waals surface area contributed by atoms with Gasteiger partial charge in [-0.05, 0) is 50.3 Å². The normalized spacial score (nSPS) is 13.0. The molecule has 1 N–H and O–H groups in total. The molecule has 2 aromatic rings. The average Bonchev–Trinajstić information content (AvgIpc) is 2.54. The summed E-state index contributed by atoms with van der Waals surface area (Å²) in [5.41, 5.74) is 2.45. The molecule has 0 spiro atoms. The van der Waals surface area contributed by atoms with Gasteiger partial charge in [0.1, 0.15) is 0 Å². The zero-order valence-corrected chi connectivity index (χ0v) is 13.5. The summed E-state index contributed by atoms with van der Waals surface area (Å²) in [4.78, 5) is 6.95. The summed E-state index contributed by atoms with van der Waals surface area (Å²) >= 11 is 0. The van der Waals surface area contributed by atoms with Crippen LogP contribution in [0.1, 0.15) is 38.8 Å². The number of aromatic nitrogens is 1. The first kappa shape index (κ1) is 15.9. The Morgan fingerprint density at radius 3 is 2.62 bits per heavy atom. The maximum Gasteiger partial charge on any atom is 0.0705 e. The molecule has 2 rings (SSSR count). The molecule has 1 aromatic carbocycles. The number of nitrogens with zero attached hydrogens (tertiary/aromatic N) is 2. The number of pyridine rings is 1.